The Morgan fingerprint density at radius 2 is 1.72 bits per heavy atom. The number of nitrogens with two attached hydrogens (primary N) is 1. The van der Waals surface area contributed by atoms with Crippen LogP contribution in [-0.2, 0) is 4.79 Å². The number of nitrogens with one attached hydrogen (secondary N) is 1. The second-order valence-corrected chi connectivity index (χ2v) is 5.58. The van der Waals surface area contributed by atoms with Gasteiger partial charge in [0.05, 0.1) is 21.3 Å². The van der Waals surface area contributed by atoms with E-state index >= 15 is 0 Å². The molecule has 3 nitrogen and oxygen atoms in total. The van der Waals surface area contributed by atoms with Crippen LogP contribution in [-0.4, -0.2) is 11.4 Å². The Balaban J connectivity index is 2.16. The predicted octanol–water partition coefficient (Wildman–Crippen LogP) is 3.59. The molecule has 18 heavy (non-hydrogen) atoms. The Morgan fingerprint density at radius 1 is 1.17 bits per heavy atom. The first kappa shape index (κ1) is 13.7. The largest absolute Gasteiger partial charge is 0.322 e. The number of anilines is 1. The highest BCUT2D eigenvalue weighted by Gasteiger charge is 2.35. The number of carbonyl (C=O) groups excluding carboxylic acids is 1. The average Bonchev–Trinajstić information content (AvgIpc) is 2.34. The summed E-state index contributed by atoms with van der Waals surface area (Å²) in [5.74, 6) is -0.197. The van der Waals surface area contributed by atoms with Crippen LogP contribution in [0.15, 0.2) is 18.2 Å². The quantitative estimate of drug-likeness (QED) is 0.873. The van der Waals surface area contributed by atoms with Crippen molar-refractivity contribution in [3.05, 3.63) is 28.2 Å². The SMILES string of the molecule is NC1(C(=O)Nc2c(Cl)cccc2Cl)CCCCC1. The number of rotatable bonds is 2. The van der Waals surface area contributed by atoms with E-state index in [9.17, 15) is 4.79 Å². The van der Waals surface area contributed by atoms with Gasteiger partial charge in [-0.25, -0.2) is 0 Å². The fourth-order valence-electron chi connectivity index (χ4n) is 2.26. The van der Waals surface area contributed by atoms with Crippen LogP contribution in [0.4, 0.5) is 5.69 Å². The van der Waals surface area contributed by atoms with Crippen LogP contribution < -0.4 is 11.1 Å². The third-order valence-electron chi connectivity index (χ3n) is 3.40. The van der Waals surface area contributed by atoms with Gasteiger partial charge in [-0.05, 0) is 25.0 Å². The zero-order valence-corrected chi connectivity index (χ0v) is 11.5. The minimum Gasteiger partial charge on any atom is -0.322 e. The molecule has 1 aromatic rings. The second kappa shape index (κ2) is 5.47. The molecule has 0 heterocycles. The smallest absolute Gasteiger partial charge is 0.244 e. The predicted molar refractivity (Wildman–Crippen MR) is 75.1 cm³/mol. The van der Waals surface area contributed by atoms with Gasteiger partial charge < -0.3 is 11.1 Å². The molecule has 1 saturated carbocycles. The Kier molecular flexibility index (Phi) is 4.15. The molecule has 1 fully saturated rings. The van der Waals surface area contributed by atoms with E-state index in [2.05, 4.69) is 5.32 Å². The van der Waals surface area contributed by atoms with E-state index in [0.717, 1.165) is 19.3 Å². The zero-order valence-electron chi connectivity index (χ0n) is 10.0. The lowest BCUT2D eigenvalue weighted by atomic mass is 9.82. The molecule has 1 aliphatic rings. The summed E-state index contributed by atoms with van der Waals surface area (Å²) in [5.41, 5.74) is 5.81. The summed E-state index contributed by atoms with van der Waals surface area (Å²) in [7, 11) is 0. The van der Waals surface area contributed by atoms with Gasteiger partial charge in [-0.3, -0.25) is 4.79 Å². The van der Waals surface area contributed by atoms with Crippen LogP contribution in [0.1, 0.15) is 32.1 Å². The van der Waals surface area contributed by atoms with Crippen LogP contribution in [0, 0.1) is 0 Å². The molecule has 2 rings (SSSR count). The standard InChI is InChI=1S/C13H16Cl2N2O/c14-9-5-4-6-10(15)11(9)17-12(18)13(16)7-2-1-3-8-13/h4-6H,1-3,7-8,16H2,(H,17,18). The topological polar surface area (TPSA) is 55.1 Å². The fraction of sp³-hybridized carbons (Fsp3) is 0.462. The molecule has 0 bridgehead atoms. The van der Waals surface area contributed by atoms with E-state index in [-0.39, 0.29) is 5.91 Å². The molecular formula is C13H16Cl2N2O. The summed E-state index contributed by atoms with van der Waals surface area (Å²) in [6.45, 7) is 0. The molecule has 1 aliphatic carbocycles. The maximum atomic E-state index is 12.2. The van der Waals surface area contributed by atoms with Crippen molar-refractivity contribution in [1.29, 1.82) is 0 Å². The Hall–Kier alpha value is -0.770. The summed E-state index contributed by atoms with van der Waals surface area (Å²) in [6.07, 6.45) is 4.53. The lowest BCUT2D eigenvalue weighted by Gasteiger charge is -2.32. The number of hydrogen-bond acceptors (Lipinski definition) is 2. The van der Waals surface area contributed by atoms with Gasteiger partial charge >= 0.3 is 0 Å². The normalized spacial score (nSPS) is 18.4. The molecule has 0 aliphatic heterocycles. The molecular weight excluding hydrogens is 271 g/mol. The van der Waals surface area contributed by atoms with E-state index in [1.54, 1.807) is 18.2 Å². The van der Waals surface area contributed by atoms with Crippen molar-refractivity contribution >= 4 is 34.8 Å². The number of carbonyl (C=O) groups is 1. The van der Waals surface area contributed by atoms with Gasteiger partial charge in [-0.2, -0.15) is 0 Å². The van der Waals surface area contributed by atoms with Gasteiger partial charge in [0.25, 0.3) is 0 Å². The third-order valence-corrected chi connectivity index (χ3v) is 4.03. The first-order valence-electron chi connectivity index (χ1n) is 6.07. The molecule has 0 spiro atoms. The molecule has 3 N–H and O–H groups in total. The van der Waals surface area contributed by atoms with Crippen molar-refractivity contribution in [3.8, 4) is 0 Å². The van der Waals surface area contributed by atoms with Gasteiger partial charge in [0.1, 0.15) is 0 Å². The lowest BCUT2D eigenvalue weighted by molar-refractivity contribution is -0.122. The minimum absolute atomic E-state index is 0.197. The van der Waals surface area contributed by atoms with Gasteiger partial charge in [0.15, 0.2) is 0 Å². The van der Waals surface area contributed by atoms with Crippen molar-refractivity contribution in [2.75, 3.05) is 5.32 Å². The maximum absolute atomic E-state index is 12.2. The second-order valence-electron chi connectivity index (χ2n) is 4.77. The molecule has 1 aromatic carbocycles. The molecule has 0 radical (unpaired) electrons. The molecule has 1 amide bonds. The molecule has 98 valence electrons. The summed E-state index contributed by atoms with van der Waals surface area (Å²) in [5, 5.41) is 3.61. The first-order valence-corrected chi connectivity index (χ1v) is 6.83. The van der Waals surface area contributed by atoms with Gasteiger partial charge in [-0.1, -0.05) is 48.5 Å². The molecule has 5 heteroatoms. The van der Waals surface area contributed by atoms with Crippen molar-refractivity contribution in [3.63, 3.8) is 0 Å². The minimum atomic E-state index is -0.791. The van der Waals surface area contributed by atoms with Crippen molar-refractivity contribution in [2.45, 2.75) is 37.6 Å². The number of para-hydroxylation sites is 1. The summed E-state index contributed by atoms with van der Waals surface area (Å²) < 4.78 is 0. The summed E-state index contributed by atoms with van der Waals surface area (Å²) in [6, 6.07) is 5.11. The third kappa shape index (κ3) is 2.79. The number of hydrogen-bond donors (Lipinski definition) is 2. The van der Waals surface area contributed by atoms with Crippen molar-refractivity contribution < 1.29 is 4.79 Å². The first-order chi connectivity index (χ1) is 8.53. The van der Waals surface area contributed by atoms with E-state index in [4.69, 9.17) is 28.9 Å². The highest BCUT2D eigenvalue weighted by Crippen LogP contribution is 2.32. The number of halogens is 2. The van der Waals surface area contributed by atoms with Gasteiger partial charge in [-0.15, -0.1) is 0 Å². The van der Waals surface area contributed by atoms with Crippen LogP contribution in [0.3, 0.4) is 0 Å². The molecule has 0 unspecified atom stereocenters. The fourth-order valence-corrected chi connectivity index (χ4v) is 2.76. The maximum Gasteiger partial charge on any atom is 0.244 e. The number of benzene rings is 1. The lowest BCUT2D eigenvalue weighted by Crippen LogP contribution is -2.52. The van der Waals surface area contributed by atoms with E-state index in [1.165, 1.54) is 0 Å². The van der Waals surface area contributed by atoms with Crippen molar-refractivity contribution in [2.24, 2.45) is 5.73 Å². The van der Waals surface area contributed by atoms with Crippen LogP contribution in [0.2, 0.25) is 10.0 Å². The molecule has 0 aromatic heterocycles. The van der Waals surface area contributed by atoms with E-state index in [1.807, 2.05) is 0 Å². The van der Waals surface area contributed by atoms with Crippen LogP contribution in [0.5, 0.6) is 0 Å². The Morgan fingerprint density at radius 3 is 2.28 bits per heavy atom. The Bertz CT molecular complexity index is 436. The highest BCUT2D eigenvalue weighted by atomic mass is 35.5. The van der Waals surface area contributed by atoms with E-state index < -0.39 is 5.54 Å². The summed E-state index contributed by atoms with van der Waals surface area (Å²) in [4.78, 5) is 12.2. The van der Waals surface area contributed by atoms with Crippen LogP contribution in [0.25, 0.3) is 0 Å². The molecule has 0 saturated heterocycles. The molecule has 0 atom stereocenters. The monoisotopic (exact) mass is 286 g/mol. The van der Waals surface area contributed by atoms with Crippen molar-refractivity contribution in [1.82, 2.24) is 0 Å². The highest BCUT2D eigenvalue weighted by molar-refractivity contribution is 6.39. The Labute approximate surface area is 117 Å². The van der Waals surface area contributed by atoms with Gasteiger partial charge in [0.2, 0.25) is 5.91 Å². The average molecular weight is 287 g/mol. The number of amides is 1. The van der Waals surface area contributed by atoms with Crippen LogP contribution >= 0.6 is 23.2 Å². The summed E-state index contributed by atoms with van der Waals surface area (Å²) >= 11 is 12.0. The van der Waals surface area contributed by atoms with E-state index in [0.29, 0.717) is 28.6 Å². The zero-order chi connectivity index (χ0) is 13.2. The van der Waals surface area contributed by atoms with Gasteiger partial charge in [0, 0.05) is 0 Å².